The van der Waals surface area contributed by atoms with Gasteiger partial charge in [0.25, 0.3) is 0 Å². The van der Waals surface area contributed by atoms with Crippen molar-refractivity contribution in [3.05, 3.63) is 35.4 Å². The van der Waals surface area contributed by atoms with Crippen LogP contribution in [0.2, 0.25) is 0 Å². The summed E-state index contributed by atoms with van der Waals surface area (Å²) in [6.45, 7) is 2.14. The van der Waals surface area contributed by atoms with Gasteiger partial charge in [0.15, 0.2) is 0 Å². The smallest absolute Gasteiger partial charge is 0.126 e. The predicted octanol–water partition coefficient (Wildman–Crippen LogP) is 3.44. The van der Waals surface area contributed by atoms with E-state index in [2.05, 4.69) is 12.3 Å². The van der Waals surface area contributed by atoms with Crippen molar-refractivity contribution in [1.29, 1.82) is 0 Å². The number of unbranched alkanes of at least 4 members (excludes halogenated alkanes) is 3. The zero-order valence-corrected chi connectivity index (χ0v) is 10.2. The topological polar surface area (TPSA) is 38.0 Å². The van der Waals surface area contributed by atoms with E-state index in [0.29, 0.717) is 5.56 Å². The van der Waals surface area contributed by atoms with Crippen LogP contribution in [-0.4, -0.2) is 0 Å². The lowest BCUT2D eigenvalue weighted by molar-refractivity contribution is 0.475. The summed E-state index contributed by atoms with van der Waals surface area (Å²) in [4.78, 5) is 0. The van der Waals surface area contributed by atoms with Crippen LogP contribution >= 0.6 is 0 Å². The minimum atomic E-state index is -0.561. The van der Waals surface area contributed by atoms with E-state index < -0.39 is 11.6 Å². The van der Waals surface area contributed by atoms with Crippen LogP contribution in [0.15, 0.2) is 18.2 Å². The van der Waals surface area contributed by atoms with Crippen LogP contribution in [0, 0.1) is 11.6 Å². The van der Waals surface area contributed by atoms with Crippen LogP contribution in [0.3, 0.4) is 0 Å². The molecule has 0 saturated heterocycles. The molecule has 0 amide bonds. The van der Waals surface area contributed by atoms with Gasteiger partial charge in [-0.05, 0) is 24.1 Å². The van der Waals surface area contributed by atoms with Crippen LogP contribution in [0.1, 0.15) is 50.6 Å². The summed E-state index contributed by atoms with van der Waals surface area (Å²) >= 11 is 0. The predicted molar refractivity (Wildman–Crippen MR) is 65.2 cm³/mol. The molecule has 0 bridgehead atoms. The van der Waals surface area contributed by atoms with Gasteiger partial charge in [-0.15, -0.1) is 0 Å². The molecule has 0 aliphatic rings. The second kappa shape index (κ2) is 7.35. The largest absolute Gasteiger partial charge is 0.271 e. The Labute approximate surface area is 101 Å². The number of halogens is 2. The van der Waals surface area contributed by atoms with Crippen molar-refractivity contribution < 1.29 is 8.78 Å². The molecule has 0 heterocycles. The molecule has 4 heteroatoms. The van der Waals surface area contributed by atoms with Gasteiger partial charge < -0.3 is 0 Å². The van der Waals surface area contributed by atoms with Crippen LogP contribution < -0.4 is 11.3 Å². The fraction of sp³-hybridized carbons (Fsp3) is 0.538. The minimum absolute atomic E-state index is 0.183. The molecule has 0 aliphatic carbocycles. The molecular formula is C13H20F2N2. The average Bonchev–Trinajstić information content (AvgIpc) is 2.28. The molecule has 0 saturated carbocycles. The lowest BCUT2D eigenvalue weighted by Crippen LogP contribution is -2.28. The molecule has 3 N–H and O–H groups in total. The Morgan fingerprint density at radius 1 is 1.12 bits per heavy atom. The first-order valence-corrected chi connectivity index (χ1v) is 6.09. The van der Waals surface area contributed by atoms with Crippen molar-refractivity contribution in [2.24, 2.45) is 5.84 Å². The van der Waals surface area contributed by atoms with Crippen LogP contribution in [0.25, 0.3) is 0 Å². The molecular weight excluding hydrogens is 222 g/mol. The maximum absolute atomic E-state index is 13.1. The molecule has 1 aromatic carbocycles. The average molecular weight is 242 g/mol. The molecule has 0 spiro atoms. The molecule has 0 radical (unpaired) electrons. The molecule has 1 unspecified atom stereocenters. The Balaban J connectivity index is 2.59. The summed E-state index contributed by atoms with van der Waals surface area (Å²) in [6, 6.07) is 3.34. The number of nitrogens with one attached hydrogen (secondary N) is 1. The molecule has 96 valence electrons. The van der Waals surface area contributed by atoms with E-state index >= 15 is 0 Å². The molecule has 1 aromatic rings. The van der Waals surface area contributed by atoms with Crippen LogP contribution in [0.4, 0.5) is 8.78 Å². The molecule has 1 atom stereocenters. The minimum Gasteiger partial charge on any atom is -0.271 e. The molecule has 0 fully saturated rings. The standard InChI is InChI=1S/C13H20F2N2/c1-2-3-4-5-6-13(17-16)10-7-11(14)9-12(15)8-10/h7-9,13,17H,2-6,16H2,1H3. The summed E-state index contributed by atoms with van der Waals surface area (Å²) in [5.74, 6) is 4.30. The quantitative estimate of drug-likeness (QED) is 0.436. The number of hydrazine groups is 1. The van der Waals surface area contributed by atoms with Gasteiger partial charge in [0.2, 0.25) is 0 Å². The number of benzene rings is 1. The SMILES string of the molecule is CCCCCCC(NN)c1cc(F)cc(F)c1. The number of hydrogen-bond donors (Lipinski definition) is 2. The van der Waals surface area contributed by atoms with Crippen molar-refractivity contribution in [2.75, 3.05) is 0 Å². The van der Waals surface area contributed by atoms with Gasteiger partial charge in [0, 0.05) is 12.1 Å². The summed E-state index contributed by atoms with van der Waals surface area (Å²) in [6.07, 6.45) is 5.25. The van der Waals surface area contributed by atoms with Crippen LogP contribution in [0.5, 0.6) is 0 Å². The fourth-order valence-corrected chi connectivity index (χ4v) is 1.90. The molecule has 17 heavy (non-hydrogen) atoms. The Morgan fingerprint density at radius 3 is 2.29 bits per heavy atom. The van der Waals surface area contributed by atoms with Gasteiger partial charge in [0.05, 0.1) is 0 Å². The summed E-state index contributed by atoms with van der Waals surface area (Å²) in [5, 5.41) is 0. The summed E-state index contributed by atoms with van der Waals surface area (Å²) in [7, 11) is 0. The molecule has 1 rings (SSSR count). The van der Waals surface area contributed by atoms with E-state index in [9.17, 15) is 8.78 Å². The monoisotopic (exact) mass is 242 g/mol. The van der Waals surface area contributed by atoms with Gasteiger partial charge in [-0.3, -0.25) is 11.3 Å². The van der Waals surface area contributed by atoms with Crippen molar-refractivity contribution in [3.63, 3.8) is 0 Å². The molecule has 0 aromatic heterocycles. The van der Waals surface area contributed by atoms with Gasteiger partial charge >= 0.3 is 0 Å². The van der Waals surface area contributed by atoms with Gasteiger partial charge in [-0.25, -0.2) is 8.78 Å². The highest BCUT2D eigenvalue weighted by atomic mass is 19.1. The van der Waals surface area contributed by atoms with E-state index in [1.54, 1.807) is 0 Å². The maximum atomic E-state index is 13.1. The number of hydrogen-bond acceptors (Lipinski definition) is 2. The first-order valence-electron chi connectivity index (χ1n) is 6.09. The Morgan fingerprint density at radius 2 is 1.76 bits per heavy atom. The summed E-state index contributed by atoms with van der Waals surface area (Å²) in [5.41, 5.74) is 3.19. The molecule has 2 nitrogen and oxygen atoms in total. The number of nitrogens with two attached hydrogens (primary N) is 1. The third-order valence-electron chi connectivity index (χ3n) is 2.83. The Bertz CT molecular complexity index is 322. The fourth-order valence-electron chi connectivity index (χ4n) is 1.90. The zero-order chi connectivity index (χ0) is 12.7. The second-order valence-corrected chi connectivity index (χ2v) is 4.27. The van der Waals surface area contributed by atoms with E-state index in [4.69, 9.17) is 5.84 Å². The third kappa shape index (κ3) is 4.79. The van der Waals surface area contributed by atoms with Crippen LogP contribution in [-0.2, 0) is 0 Å². The van der Waals surface area contributed by atoms with E-state index in [1.807, 2.05) is 0 Å². The first-order chi connectivity index (χ1) is 8.17. The second-order valence-electron chi connectivity index (χ2n) is 4.27. The van der Waals surface area contributed by atoms with Crippen molar-refractivity contribution in [3.8, 4) is 0 Å². The lowest BCUT2D eigenvalue weighted by atomic mass is 10.0. The number of rotatable bonds is 7. The Kier molecular flexibility index (Phi) is 6.08. The van der Waals surface area contributed by atoms with Gasteiger partial charge in [0.1, 0.15) is 11.6 Å². The highest BCUT2D eigenvalue weighted by Gasteiger charge is 2.11. The molecule has 0 aliphatic heterocycles. The van der Waals surface area contributed by atoms with E-state index in [1.165, 1.54) is 18.6 Å². The van der Waals surface area contributed by atoms with Crippen molar-refractivity contribution in [1.82, 2.24) is 5.43 Å². The lowest BCUT2D eigenvalue weighted by Gasteiger charge is -2.16. The highest BCUT2D eigenvalue weighted by Crippen LogP contribution is 2.21. The van der Waals surface area contributed by atoms with Crippen molar-refractivity contribution >= 4 is 0 Å². The Hall–Kier alpha value is -1.00. The normalized spacial score (nSPS) is 12.7. The van der Waals surface area contributed by atoms with E-state index in [-0.39, 0.29) is 6.04 Å². The zero-order valence-electron chi connectivity index (χ0n) is 10.2. The summed E-state index contributed by atoms with van der Waals surface area (Å²) < 4.78 is 26.1. The highest BCUT2D eigenvalue weighted by molar-refractivity contribution is 5.21. The van der Waals surface area contributed by atoms with Gasteiger partial charge in [-0.1, -0.05) is 32.6 Å². The van der Waals surface area contributed by atoms with Gasteiger partial charge in [-0.2, -0.15) is 0 Å². The third-order valence-corrected chi connectivity index (χ3v) is 2.83. The van der Waals surface area contributed by atoms with E-state index in [0.717, 1.165) is 31.7 Å². The maximum Gasteiger partial charge on any atom is 0.126 e. The van der Waals surface area contributed by atoms with Crippen molar-refractivity contribution in [2.45, 2.75) is 45.1 Å². The first kappa shape index (κ1) is 14.1.